The van der Waals surface area contributed by atoms with Crippen LogP contribution in [0.4, 0.5) is 0 Å². The smallest absolute Gasteiger partial charge is 0.357 e. The first-order valence-electron chi connectivity index (χ1n) is 7.46. The average molecular weight is 291 g/mol. The van der Waals surface area contributed by atoms with E-state index in [0.717, 1.165) is 30.5 Å². The highest BCUT2D eigenvalue weighted by molar-refractivity contribution is 6.02. The molecule has 5 nitrogen and oxygen atoms in total. The lowest BCUT2D eigenvalue weighted by Crippen LogP contribution is -2.20. The van der Waals surface area contributed by atoms with Crippen LogP contribution < -0.4 is 0 Å². The first-order valence-corrected chi connectivity index (χ1v) is 7.46. The number of hydrogen-bond acceptors (Lipinski definition) is 5. The molecule has 1 aromatic rings. The van der Waals surface area contributed by atoms with Gasteiger partial charge >= 0.3 is 11.9 Å². The van der Waals surface area contributed by atoms with Crippen LogP contribution in [0.15, 0.2) is 6.07 Å². The van der Waals surface area contributed by atoms with Gasteiger partial charge in [-0.25, -0.2) is 14.6 Å². The summed E-state index contributed by atoms with van der Waals surface area (Å²) >= 11 is 0. The van der Waals surface area contributed by atoms with E-state index in [4.69, 9.17) is 9.47 Å². The molecule has 0 fully saturated rings. The Kier molecular flexibility index (Phi) is 4.94. The van der Waals surface area contributed by atoms with Gasteiger partial charge in [0.25, 0.3) is 0 Å². The third kappa shape index (κ3) is 3.23. The molecule has 21 heavy (non-hydrogen) atoms. The maximum absolute atomic E-state index is 12.1. The van der Waals surface area contributed by atoms with Crippen molar-refractivity contribution in [3.63, 3.8) is 0 Å². The summed E-state index contributed by atoms with van der Waals surface area (Å²) in [6, 6.07) is 1.75. The quantitative estimate of drug-likeness (QED) is 0.798. The molecular weight excluding hydrogens is 270 g/mol. The fourth-order valence-corrected chi connectivity index (χ4v) is 2.65. The monoisotopic (exact) mass is 291 g/mol. The Labute approximate surface area is 124 Å². The zero-order valence-corrected chi connectivity index (χ0v) is 12.8. The van der Waals surface area contributed by atoms with Gasteiger partial charge in [-0.1, -0.05) is 6.92 Å². The van der Waals surface area contributed by atoms with E-state index in [1.54, 1.807) is 19.9 Å². The number of hydrogen-bond donors (Lipinski definition) is 0. The summed E-state index contributed by atoms with van der Waals surface area (Å²) in [6.07, 6.45) is 2.99. The van der Waals surface area contributed by atoms with Gasteiger partial charge in [-0.05, 0) is 50.7 Å². The van der Waals surface area contributed by atoms with Crippen LogP contribution in [0.3, 0.4) is 0 Å². The molecule has 0 aliphatic heterocycles. The molecule has 0 bridgehead atoms. The SMILES string of the molecule is CCOC(=O)c1cc2c(nc1C(=O)OCC)C(C)CCC2. The standard InChI is InChI=1S/C16H21NO4/c1-4-20-15(18)12-9-11-8-6-7-10(3)13(11)17-14(12)16(19)21-5-2/h9-10H,4-8H2,1-3H3. The van der Waals surface area contributed by atoms with Crippen molar-refractivity contribution in [2.75, 3.05) is 13.2 Å². The first kappa shape index (κ1) is 15.5. The van der Waals surface area contributed by atoms with E-state index in [-0.39, 0.29) is 30.4 Å². The van der Waals surface area contributed by atoms with Gasteiger partial charge in [0, 0.05) is 5.69 Å². The van der Waals surface area contributed by atoms with Crippen molar-refractivity contribution in [3.8, 4) is 0 Å². The average Bonchev–Trinajstić information content (AvgIpc) is 2.47. The Morgan fingerprint density at radius 1 is 1.24 bits per heavy atom. The summed E-state index contributed by atoms with van der Waals surface area (Å²) in [5.41, 5.74) is 2.22. The molecule has 1 atom stereocenters. The fourth-order valence-electron chi connectivity index (χ4n) is 2.65. The predicted octanol–water partition coefficient (Wildman–Crippen LogP) is 2.87. The Balaban J connectivity index is 2.50. The lowest BCUT2D eigenvalue weighted by atomic mass is 9.87. The van der Waals surface area contributed by atoms with Crippen molar-refractivity contribution >= 4 is 11.9 Å². The number of aryl methyl sites for hydroxylation is 1. The number of fused-ring (bicyclic) bond motifs is 1. The number of esters is 2. The topological polar surface area (TPSA) is 65.5 Å². The van der Waals surface area contributed by atoms with Gasteiger partial charge in [-0.3, -0.25) is 0 Å². The molecule has 0 spiro atoms. The fraction of sp³-hybridized carbons (Fsp3) is 0.562. The van der Waals surface area contributed by atoms with Crippen LogP contribution in [0.5, 0.6) is 0 Å². The van der Waals surface area contributed by atoms with Crippen LogP contribution in [0.1, 0.15) is 71.6 Å². The number of pyridine rings is 1. The number of carbonyl (C=O) groups excluding carboxylic acids is 2. The normalized spacial score (nSPS) is 17.0. The predicted molar refractivity (Wildman–Crippen MR) is 77.5 cm³/mol. The highest BCUT2D eigenvalue weighted by Crippen LogP contribution is 2.31. The van der Waals surface area contributed by atoms with Crippen molar-refractivity contribution in [3.05, 3.63) is 28.6 Å². The molecule has 2 rings (SSSR count). The second-order valence-electron chi connectivity index (χ2n) is 5.16. The zero-order chi connectivity index (χ0) is 15.4. The van der Waals surface area contributed by atoms with Crippen molar-refractivity contribution in [1.82, 2.24) is 4.98 Å². The van der Waals surface area contributed by atoms with Crippen LogP contribution >= 0.6 is 0 Å². The lowest BCUT2D eigenvalue weighted by Gasteiger charge is -2.22. The van der Waals surface area contributed by atoms with Gasteiger partial charge in [0.05, 0.1) is 18.8 Å². The summed E-state index contributed by atoms with van der Waals surface area (Å²) in [6.45, 7) is 6.05. The molecule has 1 aromatic heterocycles. The minimum Gasteiger partial charge on any atom is -0.462 e. The van der Waals surface area contributed by atoms with E-state index in [2.05, 4.69) is 11.9 Å². The van der Waals surface area contributed by atoms with E-state index in [0.29, 0.717) is 0 Å². The molecule has 5 heteroatoms. The zero-order valence-electron chi connectivity index (χ0n) is 12.8. The molecule has 0 saturated carbocycles. The summed E-state index contributed by atoms with van der Waals surface area (Å²) in [4.78, 5) is 28.6. The molecule has 0 aromatic carbocycles. The van der Waals surface area contributed by atoms with Crippen LogP contribution in [-0.4, -0.2) is 30.1 Å². The molecule has 114 valence electrons. The Hall–Kier alpha value is -1.91. The van der Waals surface area contributed by atoms with Crippen LogP contribution in [0, 0.1) is 0 Å². The summed E-state index contributed by atoms with van der Waals surface area (Å²) < 4.78 is 10.0. The third-order valence-corrected chi connectivity index (χ3v) is 3.65. The Morgan fingerprint density at radius 2 is 1.90 bits per heavy atom. The van der Waals surface area contributed by atoms with Crippen molar-refractivity contribution < 1.29 is 19.1 Å². The molecule has 0 radical (unpaired) electrons. The number of aromatic nitrogens is 1. The lowest BCUT2D eigenvalue weighted by molar-refractivity contribution is 0.0472. The van der Waals surface area contributed by atoms with E-state index >= 15 is 0 Å². The highest BCUT2D eigenvalue weighted by Gasteiger charge is 2.27. The van der Waals surface area contributed by atoms with Gasteiger partial charge in [-0.15, -0.1) is 0 Å². The Morgan fingerprint density at radius 3 is 2.57 bits per heavy atom. The Bertz CT molecular complexity index is 553. The van der Waals surface area contributed by atoms with Crippen molar-refractivity contribution in [2.45, 2.75) is 46.0 Å². The number of rotatable bonds is 4. The molecular formula is C16H21NO4. The van der Waals surface area contributed by atoms with Crippen LogP contribution in [0.25, 0.3) is 0 Å². The largest absolute Gasteiger partial charge is 0.462 e. The van der Waals surface area contributed by atoms with E-state index in [1.807, 2.05) is 0 Å². The summed E-state index contributed by atoms with van der Waals surface area (Å²) in [5, 5.41) is 0. The van der Waals surface area contributed by atoms with E-state index in [9.17, 15) is 9.59 Å². The molecule has 0 amide bonds. The van der Waals surface area contributed by atoms with Crippen LogP contribution in [0.2, 0.25) is 0 Å². The summed E-state index contributed by atoms with van der Waals surface area (Å²) in [5.74, 6) is -0.798. The first-order chi connectivity index (χ1) is 10.1. The second kappa shape index (κ2) is 6.70. The molecule has 1 aliphatic carbocycles. The molecule has 1 aliphatic rings. The number of ether oxygens (including phenoxy) is 2. The molecule has 1 unspecified atom stereocenters. The van der Waals surface area contributed by atoms with Gasteiger partial charge in [0.1, 0.15) is 0 Å². The van der Waals surface area contributed by atoms with Gasteiger partial charge in [0.2, 0.25) is 0 Å². The second-order valence-corrected chi connectivity index (χ2v) is 5.16. The number of nitrogens with zero attached hydrogens (tertiary/aromatic N) is 1. The highest BCUT2D eigenvalue weighted by atomic mass is 16.5. The van der Waals surface area contributed by atoms with Crippen molar-refractivity contribution in [1.29, 1.82) is 0 Å². The van der Waals surface area contributed by atoms with Gasteiger partial charge in [0.15, 0.2) is 5.69 Å². The third-order valence-electron chi connectivity index (χ3n) is 3.65. The maximum Gasteiger partial charge on any atom is 0.357 e. The van der Waals surface area contributed by atoms with Crippen molar-refractivity contribution in [2.24, 2.45) is 0 Å². The molecule has 1 heterocycles. The maximum atomic E-state index is 12.1. The number of carbonyl (C=O) groups is 2. The van der Waals surface area contributed by atoms with E-state index < -0.39 is 11.9 Å². The minimum atomic E-state index is -0.568. The van der Waals surface area contributed by atoms with Gasteiger partial charge in [-0.2, -0.15) is 0 Å². The van der Waals surface area contributed by atoms with Gasteiger partial charge < -0.3 is 9.47 Å². The molecule has 0 N–H and O–H groups in total. The molecule has 0 saturated heterocycles. The van der Waals surface area contributed by atoms with E-state index in [1.165, 1.54) is 0 Å². The summed E-state index contributed by atoms with van der Waals surface area (Å²) in [7, 11) is 0. The van der Waals surface area contributed by atoms with Crippen LogP contribution in [-0.2, 0) is 15.9 Å². The minimum absolute atomic E-state index is 0.0720.